The van der Waals surface area contributed by atoms with Crippen LogP contribution in [0.4, 0.5) is 10.1 Å². The van der Waals surface area contributed by atoms with Crippen molar-refractivity contribution in [2.24, 2.45) is 11.7 Å². The number of anilines is 1. The second-order valence-electron chi connectivity index (χ2n) is 6.36. The number of benzene rings is 2. The maximum atomic E-state index is 14.4. The summed E-state index contributed by atoms with van der Waals surface area (Å²) in [6, 6.07) is 10.5. The molecule has 0 spiro atoms. The van der Waals surface area contributed by atoms with E-state index in [1.54, 1.807) is 30.3 Å². The Balaban J connectivity index is 1.66. The van der Waals surface area contributed by atoms with Crippen molar-refractivity contribution in [2.45, 2.75) is 18.9 Å². The zero-order valence-corrected chi connectivity index (χ0v) is 15.1. The topological polar surface area (TPSA) is 82.8 Å². The number of para-hydroxylation sites is 2. The van der Waals surface area contributed by atoms with E-state index in [2.05, 4.69) is 5.32 Å². The number of ether oxygens (including phenoxy) is 3. The molecule has 0 saturated carbocycles. The van der Waals surface area contributed by atoms with Gasteiger partial charge in [-0.05, 0) is 43.0 Å². The molecular weight excluding hydrogens is 351 g/mol. The van der Waals surface area contributed by atoms with Crippen LogP contribution in [0.3, 0.4) is 0 Å². The average molecular weight is 374 g/mol. The van der Waals surface area contributed by atoms with Crippen LogP contribution in [-0.2, 0) is 9.53 Å². The van der Waals surface area contributed by atoms with Crippen LogP contribution < -0.4 is 20.5 Å². The number of hydrogen-bond acceptors (Lipinski definition) is 5. The number of rotatable bonds is 6. The lowest BCUT2D eigenvalue weighted by Crippen LogP contribution is -2.44. The highest BCUT2D eigenvalue weighted by molar-refractivity contribution is 5.95. The maximum Gasteiger partial charge on any atom is 0.241 e. The van der Waals surface area contributed by atoms with Crippen molar-refractivity contribution < 1.29 is 23.4 Å². The van der Waals surface area contributed by atoms with Crippen LogP contribution in [-0.4, -0.2) is 32.3 Å². The van der Waals surface area contributed by atoms with E-state index in [1.807, 2.05) is 0 Å². The Morgan fingerprint density at radius 1 is 1.19 bits per heavy atom. The summed E-state index contributed by atoms with van der Waals surface area (Å²) < 4.78 is 30.5. The summed E-state index contributed by atoms with van der Waals surface area (Å²) >= 11 is 0. The Hall–Kier alpha value is -2.64. The third kappa shape index (κ3) is 4.75. The molecule has 144 valence electrons. The first kappa shape index (κ1) is 19.1. The minimum Gasteiger partial charge on any atom is -0.493 e. The van der Waals surface area contributed by atoms with E-state index in [-0.39, 0.29) is 17.6 Å². The van der Waals surface area contributed by atoms with Gasteiger partial charge in [-0.3, -0.25) is 4.79 Å². The molecule has 6 nitrogen and oxygen atoms in total. The van der Waals surface area contributed by atoms with Gasteiger partial charge in [0, 0.05) is 25.0 Å². The van der Waals surface area contributed by atoms with Crippen LogP contribution in [0.5, 0.6) is 17.2 Å². The molecular formula is C20H23FN2O4. The van der Waals surface area contributed by atoms with Gasteiger partial charge in [0.15, 0.2) is 23.1 Å². The highest BCUT2D eigenvalue weighted by Crippen LogP contribution is 2.33. The van der Waals surface area contributed by atoms with E-state index in [0.717, 1.165) is 12.8 Å². The van der Waals surface area contributed by atoms with Gasteiger partial charge in [-0.2, -0.15) is 0 Å². The summed E-state index contributed by atoms with van der Waals surface area (Å²) in [6.07, 6.45) is 1.49. The number of halogens is 1. The van der Waals surface area contributed by atoms with Gasteiger partial charge < -0.3 is 25.3 Å². The van der Waals surface area contributed by atoms with E-state index in [9.17, 15) is 9.18 Å². The van der Waals surface area contributed by atoms with Crippen molar-refractivity contribution in [3.63, 3.8) is 0 Å². The van der Waals surface area contributed by atoms with Crippen molar-refractivity contribution in [1.29, 1.82) is 0 Å². The van der Waals surface area contributed by atoms with Crippen molar-refractivity contribution in [1.82, 2.24) is 0 Å². The fraction of sp³-hybridized carbons (Fsp3) is 0.350. The Labute approximate surface area is 157 Å². The lowest BCUT2D eigenvalue weighted by atomic mass is 9.92. The molecule has 27 heavy (non-hydrogen) atoms. The Morgan fingerprint density at radius 2 is 1.89 bits per heavy atom. The second kappa shape index (κ2) is 8.83. The van der Waals surface area contributed by atoms with Gasteiger partial charge in [-0.15, -0.1) is 0 Å². The SMILES string of the molecule is COc1ccccc1Oc1ccc(NC(=O)C(N)C2CCOCC2)cc1F. The molecule has 1 amide bonds. The molecule has 1 aliphatic rings. The second-order valence-corrected chi connectivity index (χ2v) is 6.36. The fourth-order valence-electron chi connectivity index (χ4n) is 3.00. The lowest BCUT2D eigenvalue weighted by molar-refractivity contribution is -0.119. The summed E-state index contributed by atoms with van der Waals surface area (Å²) in [7, 11) is 1.51. The minimum atomic E-state index is -0.651. The predicted molar refractivity (Wildman–Crippen MR) is 99.6 cm³/mol. The summed E-state index contributed by atoms with van der Waals surface area (Å²) in [5.41, 5.74) is 6.37. The van der Waals surface area contributed by atoms with Crippen LogP contribution in [0.25, 0.3) is 0 Å². The summed E-state index contributed by atoms with van der Waals surface area (Å²) in [4.78, 5) is 12.3. The number of carbonyl (C=O) groups is 1. The van der Waals surface area contributed by atoms with Crippen LogP contribution in [0.2, 0.25) is 0 Å². The highest BCUT2D eigenvalue weighted by Gasteiger charge is 2.26. The third-order valence-corrected chi connectivity index (χ3v) is 4.56. The van der Waals surface area contributed by atoms with Crippen molar-refractivity contribution >= 4 is 11.6 Å². The molecule has 3 N–H and O–H groups in total. The smallest absolute Gasteiger partial charge is 0.241 e. The molecule has 0 aromatic heterocycles. The third-order valence-electron chi connectivity index (χ3n) is 4.56. The molecule has 0 bridgehead atoms. The number of hydrogen-bond donors (Lipinski definition) is 2. The molecule has 3 rings (SSSR count). The van der Waals surface area contributed by atoms with Crippen molar-refractivity contribution in [2.75, 3.05) is 25.6 Å². The van der Waals surface area contributed by atoms with E-state index < -0.39 is 11.9 Å². The van der Waals surface area contributed by atoms with E-state index >= 15 is 0 Å². The molecule has 1 atom stereocenters. The van der Waals surface area contributed by atoms with Gasteiger partial charge in [0.25, 0.3) is 0 Å². The van der Waals surface area contributed by atoms with Crippen LogP contribution in [0.15, 0.2) is 42.5 Å². The zero-order valence-electron chi connectivity index (χ0n) is 15.1. The Kier molecular flexibility index (Phi) is 6.26. The molecule has 1 aliphatic heterocycles. The van der Waals surface area contributed by atoms with Crippen molar-refractivity contribution in [3.8, 4) is 17.2 Å². The summed E-state index contributed by atoms with van der Waals surface area (Å²) in [6.45, 7) is 1.21. The predicted octanol–water partition coefficient (Wildman–Crippen LogP) is 3.32. The molecule has 2 aromatic rings. The first-order chi connectivity index (χ1) is 13.1. The van der Waals surface area contributed by atoms with E-state index in [1.165, 1.54) is 19.2 Å². The maximum absolute atomic E-state index is 14.4. The van der Waals surface area contributed by atoms with Gasteiger partial charge in [0.05, 0.1) is 13.2 Å². The van der Waals surface area contributed by atoms with E-state index in [0.29, 0.717) is 30.4 Å². The van der Waals surface area contributed by atoms with Crippen LogP contribution in [0, 0.1) is 11.7 Å². The quantitative estimate of drug-likeness (QED) is 0.810. The standard InChI is InChI=1S/C20H23FN2O4/c1-25-17-4-2-3-5-18(17)27-16-7-6-14(12-15(16)21)23-20(24)19(22)13-8-10-26-11-9-13/h2-7,12-13,19H,8-11,22H2,1H3,(H,23,24). The number of nitrogens with one attached hydrogen (secondary N) is 1. The monoisotopic (exact) mass is 374 g/mol. The number of carbonyl (C=O) groups excluding carboxylic acids is 1. The molecule has 1 heterocycles. The Morgan fingerprint density at radius 3 is 2.56 bits per heavy atom. The average Bonchev–Trinajstić information content (AvgIpc) is 2.70. The number of methoxy groups -OCH3 is 1. The van der Waals surface area contributed by atoms with Gasteiger partial charge in [0.1, 0.15) is 0 Å². The molecule has 0 aliphatic carbocycles. The molecule has 1 saturated heterocycles. The van der Waals surface area contributed by atoms with Crippen molar-refractivity contribution in [3.05, 3.63) is 48.3 Å². The number of nitrogens with two attached hydrogens (primary N) is 1. The molecule has 1 fully saturated rings. The molecule has 0 radical (unpaired) electrons. The summed E-state index contributed by atoms with van der Waals surface area (Å²) in [5, 5.41) is 2.67. The number of amides is 1. The van der Waals surface area contributed by atoms with Gasteiger partial charge in [-0.1, -0.05) is 12.1 Å². The Bertz CT molecular complexity index is 793. The first-order valence-electron chi connectivity index (χ1n) is 8.83. The largest absolute Gasteiger partial charge is 0.493 e. The minimum absolute atomic E-state index is 0.0335. The lowest BCUT2D eigenvalue weighted by Gasteiger charge is -2.26. The molecule has 7 heteroatoms. The first-order valence-corrected chi connectivity index (χ1v) is 8.83. The molecule has 2 aromatic carbocycles. The molecule has 1 unspecified atom stereocenters. The summed E-state index contributed by atoms with van der Waals surface area (Å²) in [5.74, 6) is 0.0648. The normalized spacial score (nSPS) is 15.8. The highest BCUT2D eigenvalue weighted by atomic mass is 19.1. The van der Waals surface area contributed by atoms with Crippen LogP contribution in [0.1, 0.15) is 12.8 Å². The van der Waals surface area contributed by atoms with Crippen LogP contribution >= 0.6 is 0 Å². The fourth-order valence-corrected chi connectivity index (χ4v) is 3.00. The van der Waals surface area contributed by atoms with E-state index in [4.69, 9.17) is 19.9 Å². The van der Waals surface area contributed by atoms with Gasteiger partial charge >= 0.3 is 0 Å². The van der Waals surface area contributed by atoms with Gasteiger partial charge in [0.2, 0.25) is 5.91 Å². The van der Waals surface area contributed by atoms with Gasteiger partial charge in [-0.25, -0.2) is 4.39 Å². The zero-order chi connectivity index (χ0) is 19.2.